The molecule has 3 saturated heterocycles. The molecule has 0 radical (unpaired) electrons. The van der Waals surface area contributed by atoms with Gasteiger partial charge in [-0.2, -0.15) is 0 Å². The first-order valence-corrected chi connectivity index (χ1v) is 6.82. The van der Waals surface area contributed by atoms with E-state index in [4.69, 9.17) is 9.47 Å². The molecule has 3 aliphatic heterocycles. The summed E-state index contributed by atoms with van der Waals surface area (Å²) in [5.41, 5.74) is 0. The highest BCUT2D eigenvalue weighted by atomic mass is 16.6. The molecule has 6 nitrogen and oxygen atoms in total. The van der Waals surface area contributed by atoms with Crippen molar-refractivity contribution in [3.05, 3.63) is 0 Å². The number of nitrogens with zero attached hydrogens (tertiary/aromatic N) is 2. The fourth-order valence-electron chi connectivity index (χ4n) is 2.93. The minimum absolute atomic E-state index is 0.100. The Morgan fingerprint density at radius 3 is 2.94 bits per heavy atom. The van der Waals surface area contributed by atoms with Crippen molar-refractivity contribution in [1.29, 1.82) is 0 Å². The average molecular weight is 255 g/mol. The number of amides is 1. The first kappa shape index (κ1) is 12.2. The quantitative estimate of drug-likeness (QED) is 0.737. The maximum Gasteiger partial charge on any atom is 0.410 e. The Balaban J connectivity index is 1.52. The zero-order valence-corrected chi connectivity index (χ0v) is 10.6. The first-order chi connectivity index (χ1) is 8.84. The molecule has 3 aliphatic rings. The number of carbonyl (C=O) groups is 1. The van der Waals surface area contributed by atoms with Crippen LogP contribution in [0.25, 0.3) is 0 Å². The van der Waals surface area contributed by atoms with E-state index in [1.54, 1.807) is 0 Å². The van der Waals surface area contributed by atoms with E-state index in [1.165, 1.54) is 0 Å². The summed E-state index contributed by atoms with van der Waals surface area (Å²) in [5, 5.41) is 3.34. The molecule has 0 saturated carbocycles. The second kappa shape index (κ2) is 5.42. The highest BCUT2D eigenvalue weighted by molar-refractivity contribution is 5.70. The van der Waals surface area contributed by atoms with Gasteiger partial charge < -0.3 is 14.8 Å². The van der Waals surface area contributed by atoms with Gasteiger partial charge in [-0.3, -0.25) is 9.80 Å². The molecule has 1 N–H and O–H groups in total. The van der Waals surface area contributed by atoms with Gasteiger partial charge in [-0.15, -0.1) is 0 Å². The monoisotopic (exact) mass is 255 g/mol. The third-order valence-electron chi connectivity index (χ3n) is 4.04. The van der Waals surface area contributed by atoms with E-state index >= 15 is 0 Å². The van der Waals surface area contributed by atoms with Crippen LogP contribution in [-0.4, -0.2) is 80.5 Å². The topological polar surface area (TPSA) is 54.0 Å². The molecule has 2 unspecified atom stereocenters. The number of morpholine rings is 1. The number of ether oxygens (including phenoxy) is 2. The molecule has 1 amide bonds. The summed E-state index contributed by atoms with van der Waals surface area (Å²) in [7, 11) is 0. The summed E-state index contributed by atoms with van der Waals surface area (Å²) in [4.78, 5) is 16.1. The molecular formula is C12H21N3O3. The fourth-order valence-corrected chi connectivity index (χ4v) is 2.93. The van der Waals surface area contributed by atoms with Crippen LogP contribution in [0.3, 0.4) is 0 Å². The minimum atomic E-state index is -0.137. The average Bonchev–Trinajstić information content (AvgIpc) is 2.73. The zero-order valence-electron chi connectivity index (χ0n) is 10.6. The van der Waals surface area contributed by atoms with Gasteiger partial charge in [0.05, 0.1) is 19.3 Å². The van der Waals surface area contributed by atoms with Crippen LogP contribution in [0, 0.1) is 0 Å². The Bertz CT molecular complexity index is 307. The van der Waals surface area contributed by atoms with Gasteiger partial charge in [0.1, 0.15) is 6.10 Å². The van der Waals surface area contributed by atoms with E-state index in [0.29, 0.717) is 0 Å². The third-order valence-corrected chi connectivity index (χ3v) is 4.04. The van der Waals surface area contributed by atoms with E-state index in [1.807, 2.05) is 4.90 Å². The Morgan fingerprint density at radius 2 is 2.11 bits per heavy atom. The summed E-state index contributed by atoms with van der Waals surface area (Å²) < 4.78 is 10.7. The lowest BCUT2D eigenvalue weighted by atomic mass is 10.0. The smallest absolute Gasteiger partial charge is 0.410 e. The molecule has 3 fully saturated rings. The third kappa shape index (κ3) is 2.46. The van der Waals surface area contributed by atoms with Crippen LogP contribution in [-0.2, 0) is 9.47 Å². The number of nitrogens with one attached hydrogen (secondary N) is 1. The molecule has 0 aromatic heterocycles. The van der Waals surface area contributed by atoms with Gasteiger partial charge in [0.25, 0.3) is 0 Å². The summed E-state index contributed by atoms with van der Waals surface area (Å²) in [6, 6.07) is 0.229. The van der Waals surface area contributed by atoms with E-state index in [0.717, 1.165) is 58.9 Å². The summed E-state index contributed by atoms with van der Waals surface area (Å²) in [6.07, 6.45) is 0.898. The molecule has 0 spiro atoms. The predicted molar refractivity (Wildman–Crippen MR) is 65.5 cm³/mol. The fraction of sp³-hybridized carbons (Fsp3) is 0.917. The van der Waals surface area contributed by atoms with Gasteiger partial charge in [-0.25, -0.2) is 4.79 Å². The van der Waals surface area contributed by atoms with Crippen molar-refractivity contribution in [2.24, 2.45) is 0 Å². The van der Waals surface area contributed by atoms with E-state index in [9.17, 15) is 4.79 Å². The van der Waals surface area contributed by atoms with E-state index < -0.39 is 0 Å². The number of piperidine rings is 1. The lowest BCUT2D eigenvalue weighted by Crippen LogP contribution is -2.51. The predicted octanol–water partition coefficient (Wildman–Crippen LogP) is -0.499. The van der Waals surface area contributed by atoms with Crippen LogP contribution in [0.4, 0.5) is 4.79 Å². The van der Waals surface area contributed by atoms with Crippen LogP contribution in [0.1, 0.15) is 6.42 Å². The Hall–Kier alpha value is -0.850. The molecule has 0 aromatic rings. The van der Waals surface area contributed by atoms with Crippen molar-refractivity contribution < 1.29 is 14.3 Å². The van der Waals surface area contributed by atoms with Crippen molar-refractivity contribution >= 4 is 6.09 Å². The second-order valence-electron chi connectivity index (χ2n) is 5.13. The normalized spacial score (nSPS) is 33.3. The van der Waals surface area contributed by atoms with Gasteiger partial charge in [-0.1, -0.05) is 0 Å². The van der Waals surface area contributed by atoms with Gasteiger partial charge in [0.15, 0.2) is 0 Å². The largest absolute Gasteiger partial charge is 0.444 e. The Morgan fingerprint density at radius 1 is 1.28 bits per heavy atom. The van der Waals surface area contributed by atoms with Gasteiger partial charge >= 0.3 is 6.09 Å². The molecule has 18 heavy (non-hydrogen) atoms. The number of carbonyl (C=O) groups excluding carboxylic acids is 1. The molecule has 0 bridgehead atoms. The van der Waals surface area contributed by atoms with Crippen molar-refractivity contribution in [2.75, 3.05) is 52.5 Å². The SMILES string of the molecule is O=C1OC2CCNCC2N1CCN1CCOCC1. The van der Waals surface area contributed by atoms with Crippen molar-refractivity contribution in [2.45, 2.75) is 18.6 Å². The van der Waals surface area contributed by atoms with Crippen LogP contribution in [0.2, 0.25) is 0 Å². The van der Waals surface area contributed by atoms with Gasteiger partial charge in [0, 0.05) is 32.7 Å². The van der Waals surface area contributed by atoms with E-state index in [2.05, 4.69) is 10.2 Å². The van der Waals surface area contributed by atoms with Gasteiger partial charge in [0.2, 0.25) is 0 Å². The van der Waals surface area contributed by atoms with Crippen LogP contribution in [0.5, 0.6) is 0 Å². The molecule has 3 heterocycles. The van der Waals surface area contributed by atoms with Crippen molar-refractivity contribution in [3.63, 3.8) is 0 Å². The maximum atomic E-state index is 11.8. The van der Waals surface area contributed by atoms with Crippen LogP contribution in [0.15, 0.2) is 0 Å². The molecule has 2 atom stereocenters. The zero-order chi connectivity index (χ0) is 12.4. The van der Waals surface area contributed by atoms with E-state index in [-0.39, 0.29) is 18.2 Å². The molecule has 3 rings (SSSR count). The lowest BCUT2D eigenvalue weighted by Gasteiger charge is -2.31. The van der Waals surface area contributed by atoms with Crippen molar-refractivity contribution in [3.8, 4) is 0 Å². The Labute approximate surface area is 107 Å². The van der Waals surface area contributed by atoms with Crippen molar-refractivity contribution in [1.82, 2.24) is 15.1 Å². The molecule has 6 heteroatoms. The lowest BCUT2D eigenvalue weighted by molar-refractivity contribution is 0.0339. The number of hydrogen-bond donors (Lipinski definition) is 1. The second-order valence-corrected chi connectivity index (χ2v) is 5.13. The molecule has 102 valence electrons. The number of fused-ring (bicyclic) bond motifs is 1. The summed E-state index contributed by atoms with van der Waals surface area (Å²) in [6.45, 7) is 7.04. The molecular weight excluding hydrogens is 234 g/mol. The number of hydrogen-bond acceptors (Lipinski definition) is 5. The van der Waals surface area contributed by atoms with Crippen LogP contribution < -0.4 is 5.32 Å². The highest BCUT2D eigenvalue weighted by Crippen LogP contribution is 2.23. The van der Waals surface area contributed by atoms with Crippen LogP contribution >= 0.6 is 0 Å². The Kier molecular flexibility index (Phi) is 3.67. The standard InChI is InChI=1S/C12H21N3O3/c16-12-15(4-3-14-5-7-17-8-6-14)10-9-13-2-1-11(10)18-12/h10-11,13H,1-9H2. The first-order valence-electron chi connectivity index (χ1n) is 6.82. The number of rotatable bonds is 3. The van der Waals surface area contributed by atoms with Gasteiger partial charge in [-0.05, 0) is 13.0 Å². The maximum absolute atomic E-state index is 11.8. The summed E-state index contributed by atoms with van der Waals surface area (Å²) in [5.74, 6) is 0. The molecule has 0 aromatic carbocycles. The molecule has 0 aliphatic carbocycles. The summed E-state index contributed by atoms with van der Waals surface area (Å²) >= 11 is 0. The highest BCUT2D eigenvalue weighted by Gasteiger charge is 2.42. The minimum Gasteiger partial charge on any atom is -0.444 e.